The number of amides is 2. The highest BCUT2D eigenvalue weighted by Gasteiger charge is 2.35. The van der Waals surface area contributed by atoms with E-state index in [1.807, 2.05) is 30.3 Å². The van der Waals surface area contributed by atoms with Gasteiger partial charge >= 0.3 is 0 Å². The van der Waals surface area contributed by atoms with Gasteiger partial charge in [0.05, 0.1) is 16.2 Å². The summed E-state index contributed by atoms with van der Waals surface area (Å²) in [6.45, 7) is 1.74. The number of allylic oxidation sites excluding steroid dienone is 1. The second-order valence-corrected chi connectivity index (χ2v) is 7.61. The van der Waals surface area contributed by atoms with Crippen molar-refractivity contribution < 1.29 is 14.5 Å². The fourth-order valence-electron chi connectivity index (χ4n) is 2.60. The smallest absolute Gasteiger partial charge is 0.273 e. The van der Waals surface area contributed by atoms with E-state index in [9.17, 15) is 19.7 Å². The first-order valence-corrected chi connectivity index (χ1v) is 9.44. The molecular formula is C19H15N3O4S2. The van der Waals surface area contributed by atoms with E-state index in [4.69, 9.17) is 12.2 Å². The Morgan fingerprint density at radius 1 is 1.18 bits per heavy atom. The summed E-state index contributed by atoms with van der Waals surface area (Å²) >= 11 is 6.31. The molecule has 1 aliphatic rings. The number of nitro groups is 1. The third-order valence-electron chi connectivity index (χ3n) is 4.07. The van der Waals surface area contributed by atoms with Gasteiger partial charge in [-0.3, -0.25) is 25.1 Å². The lowest BCUT2D eigenvalue weighted by Crippen LogP contribution is -2.45. The van der Waals surface area contributed by atoms with Crippen molar-refractivity contribution in [3.05, 3.63) is 80.7 Å². The number of carbonyl (C=O) groups excluding carboxylic acids is 2. The maximum absolute atomic E-state index is 12.7. The van der Waals surface area contributed by atoms with Gasteiger partial charge in [-0.05, 0) is 48.0 Å². The van der Waals surface area contributed by atoms with E-state index in [-0.39, 0.29) is 22.3 Å². The fourth-order valence-corrected chi connectivity index (χ4v) is 3.83. The topological polar surface area (TPSA) is 92.6 Å². The van der Waals surface area contributed by atoms with E-state index in [1.165, 1.54) is 12.1 Å². The van der Waals surface area contributed by atoms with Crippen LogP contribution >= 0.6 is 24.0 Å². The Kier molecular flexibility index (Phi) is 5.86. The quantitative estimate of drug-likeness (QED) is 0.349. The van der Waals surface area contributed by atoms with Crippen LogP contribution in [0.4, 0.5) is 5.69 Å². The van der Waals surface area contributed by atoms with Crippen molar-refractivity contribution in [2.45, 2.75) is 13.3 Å². The van der Waals surface area contributed by atoms with Crippen LogP contribution in [0.15, 0.2) is 59.5 Å². The maximum Gasteiger partial charge on any atom is 0.285 e. The number of nitrogens with zero attached hydrogens (tertiary/aromatic N) is 2. The lowest BCUT2D eigenvalue weighted by Gasteiger charge is -2.15. The van der Waals surface area contributed by atoms with Gasteiger partial charge in [0.2, 0.25) is 5.91 Å². The Hall–Kier alpha value is -3.04. The largest absolute Gasteiger partial charge is 0.285 e. The Morgan fingerprint density at radius 2 is 1.82 bits per heavy atom. The predicted molar refractivity (Wildman–Crippen MR) is 111 cm³/mol. The Bertz CT molecular complexity index is 988. The van der Waals surface area contributed by atoms with E-state index >= 15 is 0 Å². The summed E-state index contributed by atoms with van der Waals surface area (Å²) in [5.74, 6) is -0.774. The maximum atomic E-state index is 12.7. The molecule has 1 saturated heterocycles. The number of nitro benzene ring substituents is 1. The summed E-state index contributed by atoms with van der Waals surface area (Å²) < 4.78 is 0.225. The van der Waals surface area contributed by atoms with Crippen LogP contribution in [0.3, 0.4) is 0 Å². The number of thiocarbonyl (C=S) groups is 1. The molecule has 28 heavy (non-hydrogen) atoms. The normalized spacial score (nSPS) is 15.5. The second kappa shape index (κ2) is 8.32. The van der Waals surface area contributed by atoms with Gasteiger partial charge in [-0.2, -0.15) is 5.01 Å². The zero-order valence-electron chi connectivity index (χ0n) is 14.7. The van der Waals surface area contributed by atoms with Gasteiger partial charge in [-0.15, -0.1) is 0 Å². The molecule has 2 aromatic rings. The SMILES string of the molecule is C/C(=C1/SC(=S)N(NC(=O)Cc2ccccc2)C1=O)c1ccc([N+](=O)[O-])cc1. The van der Waals surface area contributed by atoms with Crippen molar-refractivity contribution in [1.29, 1.82) is 0 Å². The number of hydrazine groups is 1. The fraction of sp³-hybridized carbons (Fsp3) is 0.105. The molecule has 0 unspecified atom stereocenters. The highest BCUT2D eigenvalue weighted by Crippen LogP contribution is 2.36. The summed E-state index contributed by atoms with van der Waals surface area (Å²) in [5, 5.41) is 11.8. The molecule has 2 aromatic carbocycles. The van der Waals surface area contributed by atoms with Crippen LogP contribution in [0.1, 0.15) is 18.1 Å². The average molecular weight is 413 g/mol. The first-order chi connectivity index (χ1) is 13.4. The molecule has 0 radical (unpaired) electrons. The molecule has 0 aromatic heterocycles. The van der Waals surface area contributed by atoms with Gasteiger partial charge in [0.1, 0.15) is 0 Å². The molecule has 1 heterocycles. The number of carbonyl (C=O) groups is 2. The minimum atomic E-state index is -0.485. The van der Waals surface area contributed by atoms with E-state index in [0.29, 0.717) is 16.0 Å². The summed E-state index contributed by atoms with van der Waals surface area (Å²) in [6.07, 6.45) is 0.123. The van der Waals surface area contributed by atoms with Crippen molar-refractivity contribution >= 4 is 51.4 Å². The Morgan fingerprint density at radius 3 is 2.43 bits per heavy atom. The first-order valence-electron chi connectivity index (χ1n) is 8.22. The summed E-state index contributed by atoms with van der Waals surface area (Å²) in [4.78, 5) is 35.7. The van der Waals surface area contributed by atoms with Gasteiger partial charge in [-0.25, -0.2) is 0 Å². The van der Waals surface area contributed by atoms with Crippen LogP contribution in [-0.4, -0.2) is 26.1 Å². The molecule has 142 valence electrons. The third-order valence-corrected chi connectivity index (χ3v) is 5.54. The zero-order valence-corrected chi connectivity index (χ0v) is 16.4. The molecule has 0 bridgehead atoms. The molecule has 1 fully saturated rings. The first kappa shape index (κ1) is 19.7. The number of non-ortho nitro benzene ring substituents is 1. The number of hydrogen-bond donors (Lipinski definition) is 1. The number of hydrogen-bond acceptors (Lipinski definition) is 6. The van der Waals surface area contributed by atoms with Gasteiger partial charge in [0.25, 0.3) is 11.6 Å². The molecular weight excluding hydrogens is 398 g/mol. The van der Waals surface area contributed by atoms with Crippen LogP contribution in [-0.2, 0) is 16.0 Å². The number of rotatable bonds is 5. The van der Waals surface area contributed by atoms with Crippen LogP contribution in [0, 0.1) is 10.1 Å². The molecule has 7 nitrogen and oxygen atoms in total. The summed E-state index contributed by atoms with van der Waals surface area (Å²) in [5.41, 5.74) is 4.64. The monoisotopic (exact) mass is 413 g/mol. The molecule has 0 aliphatic carbocycles. The molecule has 1 aliphatic heterocycles. The van der Waals surface area contributed by atoms with Crippen molar-refractivity contribution in [3.63, 3.8) is 0 Å². The molecule has 0 spiro atoms. The van der Waals surface area contributed by atoms with Crippen molar-refractivity contribution in [2.24, 2.45) is 0 Å². The van der Waals surface area contributed by atoms with E-state index in [0.717, 1.165) is 22.3 Å². The van der Waals surface area contributed by atoms with Gasteiger partial charge in [0, 0.05) is 12.1 Å². The number of benzene rings is 2. The van der Waals surface area contributed by atoms with Crippen LogP contribution in [0.25, 0.3) is 5.57 Å². The predicted octanol–water partition coefficient (Wildman–Crippen LogP) is 3.46. The van der Waals surface area contributed by atoms with Gasteiger partial charge in [0.15, 0.2) is 4.32 Å². The van der Waals surface area contributed by atoms with Crippen LogP contribution in [0.5, 0.6) is 0 Å². The number of nitrogens with one attached hydrogen (secondary N) is 1. The lowest BCUT2D eigenvalue weighted by molar-refractivity contribution is -0.384. The van der Waals surface area contributed by atoms with Crippen molar-refractivity contribution in [3.8, 4) is 0 Å². The summed E-state index contributed by atoms with van der Waals surface area (Å²) in [6, 6.07) is 15.1. The minimum Gasteiger partial charge on any atom is -0.273 e. The molecule has 2 amide bonds. The highest BCUT2D eigenvalue weighted by molar-refractivity contribution is 8.26. The standard InChI is InChI=1S/C19H15N3O4S2/c1-12(14-7-9-15(10-8-14)22(25)26)17-18(24)21(19(27)28-17)20-16(23)11-13-5-3-2-4-6-13/h2-10H,11H2,1H3,(H,20,23)/b17-12-. The van der Waals surface area contributed by atoms with E-state index in [2.05, 4.69) is 5.43 Å². The Labute approximate surface area is 170 Å². The van der Waals surface area contributed by atoms with Crippen LogP contribution in [0.2, 0.25) is 0 Å². The minimum absolute atomic E-state index is 0.0303. The van der Waals surface area contributed by atoms with Gasteiger partial charge in [-0.1, -0.05) is 42.1 Å². The van der Waals surface area contributed by atoms with Crippen molar-refractivity contribution in [1.82, 2.24) is 10.4 Å². The zero-order chi connectivity index (χ0) is 20.3. The molecule has 0 atom stereocenters. The molecule has 0 saturated carbocycles. The average Bonchev–Trinajstić information content (AvgIpc) is 2.96. The third kappa shape index (κ3) is 4.26. The van der Waals surface area contributed by atoms with E-state index in [1.54, 1.807) is 19.1 Å². The highest BCUT2D eigenvalue weighted by atomic mass is 32.2. The molecule has 9 heteroatoms. The van der Waals surface area contributed by atoms with Crippen molar-refractivity contribution in [2.75, 3.05) is 0 Å². The lowest BCUT2D eigenvalue weighted by atomic mass is 10.1. The van der Waals surface area contributed by atoms with Gasteiger partial charge < -0.3 is 0 Å². The molecule has 1 N–H and O–H groups in total. The Balaban J connectivity index is 1.75. The van der Waals surface area contributed by atoms with E-state index < -0.39 is 10.8 Å². The number of thioether (sulfide) groups is 1. The molecule has 3 rings (SSSR count). The summed E-state index contributed by atoms with van der Waals surface area (Å²) in [7, 11) is 0. The second-order valence-electron chi connectivity index (χ2n) is 5.96. The van der Waals surface area contributed by atoms with Crippen LogP contribution < -0.4 is 5.43 Å².